The van der Waals surface area contributed by atoms with Gasteiger partial charge in [0.15, 0.2) is 6.29 Å². The lowest BCUT2D eigenvalue weighted by Crippen LogP contribution is -2.47. The second-order valence-corrected chi connectivity index (χ2v) is 9.22. The van der Waals surface area contributed by atoms with Crippen LogP contribution in [0.15, 0.2) is 61.2 Å². The van der Waals surface area contributed by atoms with E-state index < -0.39 is 12.4 Å². The van der Waals surface area contributed by atoms with Gasteiger partial charge in [-0.05, 0) is 16.7 Å². The molecule has 2 fully saturated rings. The quantitative estimate of drug-likeness (QED) is 0.512. The van der Waals surface area contributed by atoms with Crippen molar-refractivity contribution in [3.63, 3.8) is 0 Å². The number of nitrogens with one attached hydrogen (secondary N) is 1. The Labute approximate surface area is 212 Å². The van der Waals surface area contributed by atoms with Crippen LogP contribution in [0.5, 0.6) is 0 Å². The molecule has 2 N–H and O–H groups in total. The molecule has 194 valence electrons. The largest absolute Gasteiger partial charge is 0.445 e. The van der Waals surface area contributed by atoms with Crippen molar-refractivity contribution in [3.05, 3.63) is 83.4 Å². The Morgan fingerprint density at radius 3 is 2.42 bits per heavy atom. The molecule has 0 unspecified atom stereocenters. The Morgan fingerprint density at radius 1 is 1.08 bits per heavy atom. The Balaban J connectivity index is 1.48. The van der Waals surface area contributed by atoms with Crippen molar-refractivity contribution in [1.29, 1.82) is 0 Å². The van der Waals surface area contributed by atoms with Crippen LogP contribution in [0.4, 0.5) is 4.79 Å². The van der Waals surface area contributed by atoms with E-state index in [9.17, 15) is 9.90 Å². The van der Waals surface area contributed by atoms with E-state index >= 15 is 0 Å². The minimum absolute atomic E-state index is 0.0138. The number of nitrogens with zero attached hydrogens (tertiary/aromatic N) is 1. The molecule has 2 aliphatic heterocycles. The van der Waals surface area contributed by atoms with Crippen molar-refractivity contribution in [2.45, 2.75) is 38.6 Å². The van der Waals surface area contributed by atoms with Gasteiger partial charge in [-0.3, -0.25) is 4.90 Å². The maximum Gasteiger partial charge on any atom is 0.407 e. The van der Waals surface area contributed by atoms with Gasteiger partial charge >= 0.3 is 6.09 Å². The number of alkyl carbamates (subject to hydrolysis) is 1. The van der Waals surface area contributed by atoms with Gasteiger partial charge in [-0.2, -0.15) is 0 Å². The lowest BCUT2D eigenvalue weighted by molar-refractivity contribution is -0.277. The number of morpholine rings is 1. The highest BCUT2D eigenvalue weighted by molar-refractivity contribution is 5.67. The van der Waals surface area contributed by atoms with Crippen molar-refractivity contribution in [2.75, 3.05) is 39.5 Å². The number of hydrogen-bond acceptors (Lipinski definition) is 7. The Kier molecular flexibility index (Phi) is 9.49. The number of rotatable bonds is 9. The number of hydrogen-bond donors (Lipinski definition) is 2. The zero-order chi connectivity index (χ0) is 25.3. The minimum atomic E-state index is -0.519. The van der Waals surface area contributed by atoms with Crippen LogP contribution >= 0.6 is 0 Å². The van der Waals surface area contributed by atoms with Crippen LogP contribution < -0.4 is 5.32 Å². The minimum Gasteiger partial charge on any atom is -0.445 e. The predicted octanol–water partition coefficient (Wildman–Crippen LogP) is 3.71. The van der Waals surface area contributed by atoms with Gasteiger partial charge in [-0.25, -0.2) is 4.79 Å². The average Bonchev–Trinajstić information content (AvgIpc) is 2.93. The summed E-state index contributed by atoms with van der Waals surface area (Å²) in [6, 6.07) is 15.8. The maximum absolute atomic E-state index is 11.7. The molecule has 8 heteroatoms. The molecular weight excluding hydrogens is 460 g/mol. The highest BCUT2D eigenvalue weighted by Gasteiger charge is 2.39. The number of aliphatic hydroxyl groups is 1. The molecule has 36 heavy (non-hydrogen) atoms. The summed E-state index contributed by atoms with van der Waals surface area (Å²) in [4.78, 5) is 14.1. The van der Waals surface area contributed by atoms with E-state index in [-0.39, 0.29) is 31.3 Å². The SMILES string of the molecule is C=CCOC(=O)NCc1ccc([C@H]2O[C@@H](CN3CCOCC3)[C@@H](C)[C@@H](c3ccc(CO)cc3)O2)cc1. The van der Waals surface area contributed by atoms with Gasteiger partial charge in [0.2, 0.25) is 0 Å². The number of benzene rings is 2. The number of aliphatic hydroxyl groups excluding tert-OH is 1. The molecule has 0 bridgehead atoms. The monoisotopic (exact) mass is 496 g/mol. The van der Waals surface area contributed by atoms with E-state index in [0.717, 1.165) is 55.1 Å². The fourth-order valence-corrected chi connectivity index (χ4v) is 4.52. The summed E-state index contributed by atoms with van der Waals surface area (Å²) in [5.41, 5.74) is 3.81. The van der Waals surface area contributed by atoms with E-state index in [0.29, 0.717) is 6.54 Å². The van der Waals surface area contributed by atoms with Gasteiger partial charge in [0.05, 0.1) is 32.0 Å². The lowest BCUT2D eigenvalue weighted by Gasteiger charge is -2.43. The molecule has 0 saturated carbocycles. The van der Waals surface area contributed by atoms with E-state index in [2.05, 4.69) is 23.7 Å². The van der Waals surface area contributed by atoms with Gasteiger partial charge in [0, 0.05) is 37.7 Å². The van der Waals surface area contributed by atoms with E-state index in [1.165, 1.54) is 6.08 Å². The summed E-state index contributed by atoms with van der Waals surface area (Å²) in [5, 5.41) is 12.2. The first-order valence-electron chi connectivity index (χ1n) is 12.5. The Bertz CT molecular complexity index is 975. The second kappa shape index (κ2) is 13.0. The summed E-state index contributed by atoms with van der Waals surface area (Å²) < 4.78 is 23.5. The van der Waals surface area contributed by atoms with Crippen molar-refractivity contribution < 1.29 is 28.8 Å². The fourth-order valence-electron chi connectivity index (χ4n) is 4.52. The van der Waals surface area contributed by atoms with Gasteiger partial charge in [-0.15, -0.1) is 0 Å². The third kappa shape index (κ3) is 6.93. The topological polar surface area (TPSA) is 89.5 Å². The number of ether oxygens (including phenoxy) is 4. The van der Waals surface area contributed by atoms with Crippen LogP contribution in [-0.2, 0) is 32.1 Å². The molecule has 8 nitrogen and oxygen atoms in total. The summed E-state index contributed by atoms with van der Waals surface area (Å²) in [5.74, 6) is 0.133. The summed E-state index contributed by atoms with van der Waals surface area (Å²) in [6.45, 7) is 10.3. The molecule has 2 aliphatic rings. The van der Waals surface area contributed by atoms with Gasteiger partial charge in [-0.1, -0.05) is 68.1 Å². The van der Waals surface area contributed by atoms with Crippen LogP contribution in [0.3, 0.4) is 0 Å². The van der Waals surface area contributed by atoms with Crippen LogP contribution in [-0.4, -0.2) is 61.7 Å². The van der Waals surface area contributed by atoms with E-state index in [1.54, 1.807) is 0 Å². The molecule has 2 aromatic carbocycles. The van der Waals surface area contributed by atoms with Crippen molar-refractivity contribution >= 4 is 6.09 Å². The average molecular weight is 497 g/mol. The van der Waals surface area contributed by atoms with Crippen molar-refractivity contribution in [3.8, 4) is 0 Å². The maximum atomic E-state index is 11.7. The van der Waals surface area contributed by atoms with Crippen molar-refractivity contribution in [1.82, 2.24) is 10.2 Å². The van der Waals surface area contributed by atoms with Gasteiger partial charge < -0.3 is 29.4 Å². The molecule has 4 rings (SSSR count). The predicted molar refractivity (Wildman–Crippen MR) is 135 cm³/mol. The molecule has 2 heterocycles. The van der Waals surface area contributed by atoms with Gasteiger partial charge in [0.1, 0.15) is 6.61 Å². The van der Waals surface area contributed by atoms with Gasteiger partial charge in [0.25, 0.3) is 0 Å². The van der Waals surface area contributed by atoms with Crippen LogP contribution in [0.1, 0.15) is 41.6 Å². The lowest BCUT2D eigenvalue weighted by atomic mass is 9.90. The zero-order valence-corrected chi connectivity index (χ0v) is 20.8. The van der Waals surface area contributed by atoms with Crippen LogP contribution in [0.2, 0.25) is 0 Å². The summed E-state index contributed by atoms with van der Waals surface area (Å²) in [6.07, 6.45) is 0.357. The second-order valence-electron chi connectivity index (χ2n) is 9.22. The number of amides is 1. The first-order valence-corrected chi connectivity index (χ1v) is 12.5. The summed E-state index contributed by atoms with van der Waals surface area (Å²) >= 11 is 0. The summed E-state index contributed by atoms with van der Waals surface area (Å²) in [7, 11) is 0. The fraction of sp³-hybridized carbons (Fsp3) is 0.464. The van der Waals surface area contributed by atoms with E-state index in [1.807, 2.05) is 48.5 Å². The molecule has 0 aromatic heterocycles. The number of carbonyl (C=O) groups excluding carboxylic acids is 1. The molecule has 0 radical (unpaired) electrons. The molecule has 2 saturated heterocycles. The van der Waals surface area contributed by atoms with E-state index in [4.69, 9.17) is 18.9 Å². The first-order chi connectivity index (χ1) is 17.6. The third-order valence-electron chi connectivity index (χ3n) is 6.69. The number of carbonyl (C=O) groups is 1. The molecule has 0 spiro atoms. The zero-order valence-electron chi connectivity index (χ0n) is 20.8. The molecule has 2 aromatic rings. The Morgan fingerprint density at radius 2 is 1.75 bits per heavy atom. The molecule has 4 atom stereocenters. The highest BCUT2D eigenvalue weighted by atomic mass is 16.7. The third-order valence-corrected chi connectivity index (χ3v) is 6.69. The molecule has 1 amide bonds. The standard InChI is InChI=1S/C28H36N2O6/c1-3-14-34-28(32)29-17-21-4-10-24(11-5-21)27-35-25(18-30-12-15-33-16-13-30)20(2)26(36-27)23-8-6-22(19-31)7-9-23/h3-11,20,25-27,31H,1,12-19H2,2H3,(H,29,32)/t20-,25+,26+,27+/m1/s1. The highest BCUT2D eigenvalue weighted by Crippen LogP contribution is 2.41. The molecular formula is C28H36N2O6. The molecule has 0 aliphatic carbocycles. The smallest absolute Gasteiger partial charge is 0.407 e. The van der Waals surface area contributed by atoms with Crippen LogP contribution in [0, 0.1) is 5.92 Å². The normalized spacial score (nSPS) is 24.7. The first kappa shape index (κ1) is 26.3. The van der Waals surface area contributed by atoms with Crippen molar-refractivity contribution in [2.24, 2.45) is 5.92 Å². The Hall–Kier alpha value is -2.75. The van der Waals surface area contributed by atoms with Crippen LogP contribution in [0.25, 0.3) is 0 Å².